The molecule has 0 saturated heterocycles. The summed E-state index contributed by atoms with van der Waals surface area (Å²) in [7, 11) is 0. The lowest BCUT2D eigenvalue weighted by Gasteiger charge is -2.11. The van der Waals surface area contributed by atoms with Gasteiger partial charge < -0.3 is 5.32 Å². The molecule has 3 nitrogen and oxygen atoms in total. The molecule has 20 heavy (non-hydrogen) atoms. The van der Waals surface area contributed by atoms with Gasteiger partial charge in [-0.05, 0) is 18.1 Å². The zero-order valence-corrected chi connectivity index (χ0v) is 10.1. The Hall–Kier alpha value is -1.96. The van der Waals surface area contributed by atoms with E-state index < -0.39 is 36.2 Å². The van der Waals surface area contributed by atoms with Crippen molar-refractivity contribution in [1.82, 2.24) is 0 Å². The number of rotatable bonds is 5. The predicted molar refractivity (Wildman–Crippen MR) is 60.9 cm³/mol. The second kappa shape index (κ2) is 6.47. The van der Waals surface area contributed by atoms with Gasteiger partial charge in [-0.1, -0.05) is 12.1 Å². The fraction of sp³-hybridized carbons (Fsp3) is 0.250. The third-order valence-corrected chi connectivity index (χ3v) is 2.17. The fourth-order valence-electron chi connectivity index (χ4n) is 1.35. The van der Waals surface area contributed by atoms with Crippen LogP contribution in [0.15, 0.2) is 24.8 Å². The van der Waals surface area contributed by atoms with Gasteiger partial charge in [0.2, 0.25) is 0 Å². The molecule has 110 valence electrons. The lowest BCUT2D eigenvalue weighted by atomic mass is 10.1. The van der Waals surface area contributed by atoms with Crippen LogP contribution >= 0.6 is 0 Å². The van der Waals surface area contributed by atoms with Crippen molar-refractivity contribution in [3.05, 3.63) is 42.0 Å². The van der Waals surface area contributed by atoms with Crippen molar-refractivity contribution in [2.24, 2.45) is 0 Å². The Kier molecular flexibility index (Phi) is 5.20. The summed E-state index contributed by atoms with van der Waals surface area (Å²) < 4.78 is 65.5. The average Bonchev–Trinajstić information content (AvgIpc) is 2.35. The third-order valence-electron chi connectivity index (χ3n) is 2.17. The van der Waals surface area contributed by atoms with Crippen LogP contribution in [0.4, 0.5) is 27.6 Å². The quantitative estimate of drug-likeness (QED) is 0.669. The molecule has 0 aromatic heterocycles. The Bertz CT molecular complexity index is 513. The summed E-state index contributed by atoms with van der Waals surface area (Å²) >= 11 is 0. The zero-order chi connectivity index (χ0) is 15.3. The molecule has 8 heteroatoms. The molecule has 1 N–H and O–H groups in total. The van der Waals surface area contributed by atoms with Crippen molar-refractivity contribution in [2.75, 3.05) is 11.9 Å². The van der Waals surface area contributed by atoms with E-state index in [2.05, 4.69) is 11.3 Å². The first kappa shape index (κ1) is 16.1. The van der Waals surface area contributed by atoms with Crippen LogP contribution < -0.4 is 5.32 Å². The van der Waals surface area contributed by atoms with Gasteiger partial charge in [0.15, 0.2) is 5.82 Å². The lowest BCUT2D eigenvalue weighted by Crippen LogP contribution is -2.25. The fourth-order valence-corrected chi connectivity index (χ4v) is 1.35. The van der Waals surface area contributed by atoms with Crippen molar-refractivity contribution >= 4 is 11.6 Å². The molecule has 1 rings (SSSR count). The van der Waals surface area contributed by atoms with E-state index in [1.54, 1.807) is 5.32 Å². The summed E-state index contributed by atoms with van der Waals surface area (Å²) in [6.07, 6.45) is -3.57. The van der Waals surface area contributed by atoms with Gasteiger partial charge in [-0.15, -0.1) is 19.8 Å². The monoisotopic (exact) mass is 295 g/mol. The summed E-state index contributed by atoms with van der Waals surface area (Å²) in [6, 6.07) is 2.04. The van der Waals surface area contributed by atoms with Crippen LogP contribution in [0, 0.1) is 11.6 Å². The van der Waals surface area contributed by atoms with Crippen molar-refractivity contribution < 1.29 is 31.5 Å². The van der Waals surface area contributed by atoms with E-state index >= 15 is 0 Å². The van der Waals surface area contributed by atoms with Crippen LogP contribution in [0.1, 0.15) is 5.56 Å². The van der Waals surface area contributed by atoms with Crippen molar-refractivity contribution in [3.63, 3.8) is 0 Å². The molecule has 0 fully saturated rings. The predicted octanol–water partition coefficient (Wildman–Crippen LogP) is 3.17. The first-order valence-electron chi connectivity index (χ1n) is 5.33. The number of carbonyl (C=O) groups is 1. The van der Waals surface area contributed by atoms with Gasteiger partial charge in [0.1, 0.15) is 18.1 Å². The molecule has 1 aromatic rings. The number of alkyl halides is 3. The van der Waals surface area contributed by atoms with E-state index in [1.165, 1.54) is 6.08 Å². The van der Waals surface area contributed by atoms with Crippen molar-refractivity contribution in [1.29, 1.82) is 0 Å². The highest BCUT2D eigenvalue weighted by atomic mass is 19.4. The van der Waals surface area contributed by atoms with Gasteiger partial charge in [-0.3, -0.25) is 9.53 Å². The highest BCUT2D eigenvalue weighted by Crippen LogP contribution is 2.23. The molecule has 0 saturated carbocycles. The Labute approximate surface area is 111 Å². The normalized spacial score (nSPS) is 11.2. The number of nitrogens with one attached hydrogen (secondary N) is 1. The van der Waals surface area contributed by atoms with Gasteiger partial charge in [0.25, 0.3) is 5.91 Å². The summed E-state index contributed by atoms with van der Waals surface area (Å²) in [5.41, 5.74) is -0.770. The molecule has 1 aromatic carbocycles. The highest BCUT2D eigenvalue weighted by Gasteiger charge is 2.30. The molecule has 0 spiro atoms. The largest absolute Gasteiger partial charge is 0.523 e. The van der Waals surface area contributed by atoms with Gasteiger partial charge in [0.05, 0.1) is 0 Å². The molecular weight excluding hydrogens is 285 g/mol. The molecule has 0 radical (unpaired) electrons. The number of hydrogen-bond donors (Lipinski definition) is 1. The first-order chi connectivity index (χ1) is 9.24. The smallest absolute Gasteiger partial charge is 0.319 e. The Morgan fingerprint density at radius 2 is 2.00 bits per heavy atom. The maximum Gasteiger partial charge on any atom is 0.523 e. The van der Waals surface area contributed by atoms with E-state index in [1.807, 2.05) is 0 Å². The number of halogens is 5. The zero-order valence-electron chi connectivity index (χ0n) is 10.1. The molecule has 0 aliphatic rings. The number of anilines is 1. The van der Waals surface area contributed by atoms with Crippen molar-refractivity contribution in [2.45, 2.75) is 12.8 Å². The number of hydrogen-bond acceptors (Lipinski definition) is 2. The summed E-state index contributed by atoms with van der Waals surface area (Å²) in [4.78, 5) is 11.1. The second-order valence-corrected chi connectivity index (χ2v) is 3.67. The third kappa shape index (κ3) is 4.61. The van der Waals surface area contributed by atoms with E-state index in [4.69, 9.17) is 0 Å². The summed E-state index contributed by atoms with van der Waals surface area (Å²) in [5.74, 6) is -3.49. The Balaban J connectivity index is 2.83. The van der Waals surface area contributed by atoms with Gasteiger partial charge in [-0.25, -0.2) is 8.78 Å². The van der Waals surface area contributed by atoms with E-state index in [0.717, 1.165) is 12.1 Å². The maximum atomic E-state index is 13.8. The molecule has 1 amide bonds. The van der Waals surface area contributed by atoms with E-state index in [0.29, 0.717) is 0 Å². The van der Waals surface area contributed by atoms with Gasteiger partial charge in [-0.2, -0.15) is 0 Å². The Morgan fingerprint density at radius 3 is 2.55 bits per heavy atom. The van der Waals surface area contributed by atoms with Gasteiger partial charge >= 0.3 is 6.36 Å². The number of ether oxygens (including phenoxy) is 1. The van der Waals surface area contributed by atoms with E-state index in [9.17, 15) is 26.7 Å². The number of benzene rings is 1. The minimum atomic E-state index is -5.00. The molecule has 0 heterocycles. The average molecular weight is 295 g/mol. The molecule has 0 atom stereocenters. The lowest BCUT2D eigenvalue weighted by molar-refractivity contribution is -0.320. The van der Waals surface area contributed by atoms with Crippen LogP contribution in [0.2, 0.25) is 0 Å². The molecule has 0 unspecified atom stereocenters. The number of carbonyl (C=O) groups excluding carboxylic acids is 1. The maximum absolute atomic E-state index is 13.8. The first-order valence-corrected chi connectivity index (χ1v) is 5.33. The van der Waals surface area contributed by atoms with E-state index in [-0.39, 0.29) is 12.0 Å². The van der Waals surface area contributed by atoms with Crippen molar-refractivity contribution in [3.8, 4) is 0 Å². The molecule has 0 aliphatic carbocycles. The standard InChI is InChI=1S/C12H10F5NO2/c1-2-3-7-4-5-8(13)11(10(7)14)18-9(19)6-20-12(15,16)17/h2,4-5H,1,3,6H2,(H,18,19). The van der Waals surface area contributed by atoms with Crippen LogP contribution in [0.25, 0.3) is 0 Å². The topological polar surface area (TPSA) is 38.3 Å². The SMILES string of the molecule is C=CCc1ccc(F)c(NC(=O)COC(F)(F)F)c1F. The van der Waals surface area contributed by atoms with Crippen LogP contribution in [-0.4, -0.2) is 18.9 Å². The molecule has 0 aliphatic heterocycles. The second-order valence-electron chi connectivity index (χ2n) is 3.67. The molecular formula is C12H10F5NO2. The summed E-state index contributed by atoms with van der Waals surface area (Å²) in [5, 5.41) is 1.70. The highest BCUT2D eigenvalue weighted by molar-refractivity contribution is 5.92. The van der Waals surface area contributed by atoms with Crippen LogP contribution in [0.3, 0.4) is 0 Å². The van der Waals surface area contributed by atoms with Crippen LogP contribution in [-0.2, 0) is 16.0 Å². The Morgan fingerprint density at radius 1 is 1.35 bits per heavy atom. The number of amides is 1. The summed E-state index contributed by atoms with van der Waals surface area (Å²) in [6.45, 7) is 1.98. The number of allylic oxidation sites excluding steroid dienone is 1. The molecule has 0 bridgehead atoms. The minimum absolute atomic E-state index is 0.0495. The minimum Gasteiger partial charge on any atom is -0.319 e. The van der Waals surface area contributed by atoms with Crippen LogP contribution in [0.5, 0.6) is 0 Å². The van der Waals surface area contributed by atoms with Gasteiger partial charge in [0, 0.05) is 0 Å².